The fourth-order valence-corrected chi connectivity index (χ4v) is 5.05. The van der Waals surface area contributed by atoms with E-state index in [9.17, 15) is 4.79 Å². The predicted molar refractivity (Wildman–Crippen MR) is 134 cm³/mol. The van der Waals surface area contributed by atoms with Crippen molar-refractivity contribution in [3.63, 3.8) is 0 Å². The average Bonchev–Trinajstić information content (AvgIpc) is 2.84. The van der Waals surface area contributed by atoms with E-state index in [2.05, 4.69) is 29.6 Å². The maximum absolute atomic E-state index is 12.7. The normalized spacial score (nSPS) is 19.6. The van der Waals surface area contributed by atoms with Crippen LogP contribution in [0.25, 0.3) is 0 Å². The number of methoxy groups -OCH3 is 2. The fourth-order valence-electron chi connectivity index (χ4n) is 5.05. The summed E-state index contributed by atoms with van der Waals surface area (Å²) in [5.41, 5.74) is 3.33. The number of carbonyl (C=O) groups is 1. The lowest BCUT2D eigenvalue weighted by Gasteiger charge is -2.30. The SMILES string of the molecule is COc1ccc(OC)c(CC(=O)N[C@H]2CC[C@@H](Nc3nc4c(c(N(C)C)n3)CCCC4)CC2)c1. The Bertz CT molecular complexity index is 1000. The number of aromatic nitrogens is 2. The van der Waals surface area contributed by atoms with Crippen LogP contribution in [-0.4, -0.2) is 56.3 Å². The van der Waals surface area contributed by atoms with Gasteiger partial charge >= 0.3 is 0 Å². The topological polar surface area (TPSA) is 88.6 Å². The minimum atomic E-state index is 0.0107. The van der Waals surface area contributed by atoms with Crippen molar-refractivity contribution in [2.45, 2.75) is 69.9 Å². The molecule has 34 heavy (non-hydrogen) atoms. The summed E-state index contributed by atoms with van der Waals surface area (Å²) in [4.78, 5) is 24.5. The molecule has 8 heteroatoms. The minimum absolute atomic E-state index is 0.0107. The van der Waals surface area contributed by atoms with Gasteiger partial charge in [0.25, 0.3) is 0 Å². The van der Waals surface area contributed by atoms with Gasteiger partial charge in [0.05, 0.1) is 26.3 Å². The number of benzene rings is 1. The van der Waals surface area contributed by atoms with Crippen molar-refractivity contribution in [3.05, 3.63) is 35.0 Å². The molecule has 0 atom stereocenters. The molecule has 1 amide bonds. The summed E-state index contributed by atoms with van der Waals surface area (Å²) < 4.78 is 10.7. The Labute approximate surface area is 202 Å². The van der Waals surface area contributed by atoms with Gasteiger partial charge in [0.15, 0.2) is 0 Å². The lowest BCUT2D eigenvalue weighted by molar-refractivity contribution is -0.121. The molecule has 0 unspecified atom stereocenters. The number of nitrogens with one attached hydrogen (secondary N) is 2. The highest BCUT2D eigenvalue weighted by molar-refractivity contribution is 5.79. The van der Waals surface area contributed by atoms with Crippen molar-refractivity contribution < 1.29 is 14.3 Å². The van der Waals surface area contributed by atoms with Crippen molar-refractivity contribution in [3.8, 4) is 11.5 Å². The number of anilines is 2. The first-order valence-corrected chi connectivity index (χ1v) is 12.3. The quantitative estimate of drug-likeness (QED) is 0.614. The summed E-state index contributed by atoms with van der Waals surface area (Å²) in [6.45, 7) is 0. The maximum Gasteiger partial charge on any atom is 0.225 e. The molecular formula is C26H37N5O3. The number of hydrogen-bond acceptors (Lipinski definition) is 7. The summed E-state index contributed by atoms with van der Waals surface area (Å²) >= 11 is 0. The molecule has 1 aromatic heterocycles. The molecule has 0 spiro atoms. The van der Waals surface area contributed by atoms with Gasteiger partial charge in [-0.15, -0.1) is 0 Å². The molecule has 2 N–H and O–H groups in total. The largest absolute Gasteiger partial charge is 0.497 e. The number of nitrogens with zero attached hydrogens (tertiary/aromatic N) is 3. The molecule has 1 heterocycles. The minimum Gasteiger partial charge on any atom is -0.497 e. The van der Waals surface area contributed by atoms with E-state index in [1.807, 2.05) is 18.2 Å². The zero-order valence-electron chi connectivity index (χ0n) is 20.8. The van der Waals surface area contributed by atoms with Crippen LogP contribution in [0.15, 0.2) is 18.2 Å². The zero-order valence-corrected chi connectivity index (χ0v) is 20.8. The third kappa shape index (κ3) is 5.72. The van der Waals surface area contributed by atoms with E-state index < -0.39 is 0 Å². The molecular weight excluding hydrogens is 430 g/mol. The smallest absolute Gasteiger partial charge is 0.225 e. The maximum atomic E-state index is 12.7. The molecule has 1 saturated carbocycles. The Morgan fingerprint density at radius 3 is 2.47 bits per heavy atom. The van der Waals surface area contributed by atoms with Gasteiger partial charge in [-0.2, -0.15) is 4.98 Å². The highest BCUT2D eigenvalue weighted by Crippen LogP contribution is 2.30. The number of carbonyl (C=O) groups excluding carboxylic acids is 1. The van der Waals surface area contributed by atoms with Crippen molar-refractivity contribution in [2.24, 2.45) is 0 Å². The molecule has 2 aromatic rings. The average molecular weight is 468 g/mol. The highest BCUT2D eigenvalue weighted by atomic mass is 16.5. The van der Waals surface area contributed by atoms with E-state index in [1.165, 1.54) is 24.1 Å². The van der Waals surface area contributed by atoms with Crippen LogP contribution in [0.4, 0.5) is 11.8 Å². The van der Waals surface area contributed by atoms with E-state index in [-0.39, 0.29) is 18.4 Å². The molecule has 0 saturated heterocycles. The van der Waals surface area contributed by atoms with Crippen LogP contribution >= 0.6 is 0 Å². The summed E-state index contributed by atoms with van der Waals surface area (Å²) in [6, 6.07) is 6.04. The standard InChI is InChI=1S/C26H37N5O3/c1-31(2)25-21-7-5-6-8-22(21)29-26(30-25)28-19-11-9-18(10-12-19)27-24(32)16-17-15-20(33-3)13-14-23(17)34-4/h13-15,18-19H,5-12,16H2,1-4H3,(H,27,32)(H,28,29,30)/t18-,19+. The first-order valence-electron chi connectivity index (χ1n) is 12.3. The monoisotopic (exact) mass is 467 g/mol. The van der Waals surface area contributed by atoms with Crippen LogP contribution in [0.3, 0.4) is 0 Å². The molecule has 4 rings (SSSR count). The second kappa shape index (κ2) is 10.9. The van der Waals surface area contributed by atoms with Crippen LogP contribution < -0.4 is 25.0 Å². The van der Waals surface area contributed by atoms with Crippen molar-refractivity contribution in [2.75, 3.05) is 38.5 Å². The summed E-state index contributed by atoms with van der Waals surface area (Å²) in [5, 5.41) is 6.78. The van der Waals surface area contributed by atoms with E-state index in [0.717, 1.165) is 61.6 Å². The predicted octanol–water partition coefficient (Wildman–Crippen LogP) is 3.52. The van der Waals surface area contributed by atoms with Gasteiger partial charge < -0.3 is 25.0 Å². The molecule has 184 valence electrons. The van der Waals surface area contributed by atoms with Crippen LogP contribution in [-0.2, 0) is 24.1 Å². The molecule has 8 nitrogen and oxygen atoms in total. The summed E-state index contributed by atoms with van der Waals surface area (Å²) in [5.74, 6) is 3.21. The zero-order chi connectivity index (χ0) is 24.1. The molecule has 1 aromatic carbocycles. The Morgan fingerprint density at radius 1 is 1.03 bits per heavy atom. The van der Waals surface area contributed by atoms with E-state index in [0.29, 0.717) is 11.8 Å². The fraction of sp³-hybridized carbons (Fsp3) is 0.577. The number of aryl methyl sites for hydroxylation is 1. The lowest BCUT2D eigenvalue weighted by Crippen LogP contribution is -2.41. The summed E-state index contributed by atoms with van der Waals surface area (Å²) in [7, 11) is 7.34. The van der Waals surface area contributed by atoms with Crippen LogP contribution in [0.1, 0.15) is 55.3 Å². The first-order chi connectivity index (χ1) is 16.5. The second-order valence-electron chi connectivity index (χ2n) is 9.51. The number of amides is 1. The molecule has 2 aliphatic rings. The number of hydrogen-bond donors (Lipinski definition) is 2. The molecule has 0 aliphatic heterocycles. The number of fused-ring (bicyclic) bond motifs is 1. The Kier molecular flexibility index (Phi) is 7.75. The molecule has 0 bridgehead atoms. The van der Waals surface area contributed by atoms with Crippen molar-refractivity contribution in [1.29, 1.82) is 0 Å². The lowest BCUT2D eigenvalue weighted by atomic mass is 9.91. The van der Waals surface area contributed by atoms with Gasteiger partial charge in [-0.1, -0.05) is 0 Å². The van der Waals surface area contributed by atoms with Crippen LogP contribution in [0.2, 0.25) is 0 Å². The second-order valence-corrected chi connectivity index (χ2v) is 9.51. The van der Waals surface area contributed by atoms with Gasteiger partial charge in [-0.25, -0.2) is 4.98 Å². The van der Waals surface area contributed by atoms with Crippen LogP contribution in [0, 0.1) is 0 Å². The van der Waals surface area contributed by atoms with Crippen molar-refractivity contribution >= 4 is 17.7 Å². The van der Waals surface area contributed by atoms with Crippen LogP contribution in [0.5, 0.6) is 11.5 Å². The first kappa shape index (κ1) is 24.1. The Balaban J connectivity index is 1.31. The van der Waals surface area contributed by atoms with Gasteiger partial charge in [0.1, 0.15) is 17.3 Å². The van der Waals surface area contributed by atoms with Gasteiger partial charge in [-0.05, 0) is 69.6 Å². The van der Waals surface area contributed by atoms with E-state index in [1.54, 1.807) is 14.2 Å². The third-order valence-corrected chi connectivity index (χ3v) is 6.85. The number of rotatable bonds is 8. The van der Waals surface area contributed by atoms with Gasteiger partial charge in [-0.3, -0.25) is 4.79 Å². The third-order valence-electron chi connectivity index (χ3n) is 6.85. The van der Waals surface area contributed by atoms with Gasteiger partial charge in [0, 0.05) is 37.3 Å². The Morgan fingerprint density at radius 2 is 1.76 bits per heavy atom. The molecule has 1 fully saturated rings. The Hall–Kier alpha value is -3.03. The van der Waals surface area contributed by atoms with Crippen molar-refractivity contribution in [1.82, 2.24) is 15.3 Å². The number of ether oxygens (including phenoxy) is 2. The summed E-state index contributed by atoms with van der Waals surface area (Å²) in [6.07, 6.45) is 8.60. The van der Waals surface area contributed by atoms with E-state index in [4.69, 9.17) is 19.4 Å². The highest BCUT2D eigenvalue weighted by Gasteiger charge is 2.25. The van der Waals surface area contributed by atoms with E-state index >= 15 is 0 Å². The molecule has 2 aliphatic carbocycles. The van der Waals surface area contributed by atoms with Gasteiger partial charge in [0.2, 0.25) is 11.9 Å². The molecule has 0 radical (unpaired) electrons.